The summed E-state index contributed by atoms with van der Waals surface area (Å²) in [5.74, 6) is -3.78. The molecule has 0 bridgehead atoms. The largest absolute Gasteiger partial charge is 0.341 e. The SMILES string of the molecule is CC(C)C[C@H](N)C(=O)Nc1cccc(S(=O)(=O)C(F)F)c1.Cl. The molecule has 0 heterocycles. The van der Waals surface area contributed by atoms with Crippen LogP contribution in [0.2, 0.25) is 0 Å². The number of carbonyl (C=O) groups is 1. The fourth-order valence-electron chi connectivity index (χ4n) is 1.70. The van der Waals surface area contributed by atoms with Gasteiger partial charge in [0.25, 0.3) is 0 Å². The first-order valence-corrected chi connectivity index (χ1v) is 7.87. The minimum absolute atomic E-state index is 0. The summed E-state index contributed by atoms with van der Waals surface area (Å²) >= 11 is 0. The van der Waals surface area contributed by atoms with E-state index in [9.17, 15) is 22.0 Å². The van der Waals surface area contributed by atoms with Gasteiger partial charge in [0.15, 0.2) is 0 Å². The van der Waals surface area contributed by atoms with Crippen LogP contribution in [0.15, 0.2) is 29.2 Å². The van der Waals surface area contributed by atoms with Gasteiger partial charge in [-0.1, -0.05) is 19.9 Å². The van der Waals surface area contributed by atoms with E-state index in [1.54, 1.807) is 0 Å². The van der Waals surface area contributed by atoms with Crippen LogP contribution in [0, 0.1) is 5.92 Å². The molecule has 0 saturated heterocycles. The molecule has 1 amide bonds. The molecule has 126 valence electrons. The zero-order valence-corrected chi connectivity index (χ0v) is 13.8. The van der Waals surface area contributed by atoms with Gasteiger partial charge in [-0.3, -0.25) is 4.79 Å². The quantitative estimate of drug-likeness (QED) is 0.819. The smallest absolute Gasteiger partial charge is 0.325 e. The van der Waals surface area contributed by atoms with E-state index in [2.05, 4.69) is 5.32 Å². The van der Waals surface area contributed by atoms with Crippen LogP contribution >= 0.6 is 12.4 Å². The van der Waals surface area contributed by atoms with E-state index in [4.69, 9.17) is 5.73 Å². The Bertz CT molecular complexity index is 609. The molecule has 0 saturated carbocycles. The molecule has 5 nitrogen and oxygen atoms in total. The summed E-state index contributed by atoms with van der Waals surface area (Å²) in [6.45, 7) is 3.81. The molecule has 9 heteroatoms. The van der Waals surface area contributed by atoms with Crippen LogP contribution in [0.5, 0.6) is 0 Å². The number of hydrogen-bond donors (Lipinski definition) is 2. The third-order valence-electron chi connectivity index (χ3n) is 2.73. The van der Waals surface area contributed by atoms with Gasteiger partial charge in [-0.15, -0.1) is 12.4 Å². The van der Waals surface area contributed by atoms with E-state index in [0.29, 0.717) is 6.42 Å². The topological polar surface area (TPSA) is 89.3 Å². The Morgan fingerprint density at radius 1 is 1.32 bits per heavy atom. The van der Waals surface area contributed by atoms with Gasteiger partial charge in [0.2, 0.25) is 15.7 Å². The van der Waals surface area contributed by atoms with Crippen LogP contribution in [-0.4, -0.2) is 26.1 Å². The molecular weight excluding hydrogens is 338 g/mol. The first-order chi connectivity index (χ1) is 9.64. The van der Waals surface area contributed by atoms with Crippen LogP contribution in [-0.2, 0) is 14.6 Å². The number of nitrogens with two attached hydrogens (primary N) is 1. The summed E-state index contributed by atoms with van der Waals surface area (Å²) in [7, 11) is -4.69. The van der Waals surface area contributed by atoms with Gasteiger partial charge in [-0.25, -0.2) is 8.42 Å². The second-order valence-electron chi connectivity index (χ2n) is 5.06. The molecule has 0 unspecified atom stereocenters. The Labute approximate surface area is 134 Å². The van der Waals surface area contributed by atoms with Gasteiger partial charge in [0, 0.05) is 5.69 Å². The third kappa shape index (κ3) is 5.51. The van der Waals surface area contributed by atoms with Crippen LogP contribution in [0.25, 0.3) is 0 Å². The lowest BCUT2D eigenvalue weighted by atomic mass is 10.0. The summed E-state index contributed by atoms with van der Waals surface area (Å²) in [5.41, 5.74) is 5.80. The van der Waals surface area contributed by atoms with Crippen molar-refractivity contribution < 1.29 is 22.0 Å². The summed E-state index contributed by atoms with van der Waals surface area (Å²) < 4.78 is 47.7. The van der Waals surface area contributed by atoms with Crippen LogP contribution in [0.4, 0.5) is 14.5 Å². The Kier molecular flexibility index (Phi) is 7.92. The number of carbonyl (C=O) groups excluding carboxylic acids is 1. The Morgan fingerprint density at radius 3 is 2.41 bits per heavy atom. The average molecular weight is 357 g/mol. The van der Waals surface area contributed by atoms with E-state index in [1.165, 1.54) is 12.1 Å². The normalized spacial score (nSPS) is 12.9. The van der Waals surface area contributed by atoms with E-state index in [1.807, 2.05) is 13.8 Å². The highest BCUT2D eigenvalue weighted by molar-refractivity contribution is 7.91. The number of alkyl halides is 2. The van der Waals surface area contributed by atoms with Gasteiger partial charge in [0.05, 0.1) is 10.9 Å². The van der Waals surface area contributed by atoms with Crippen molar-refractivity contribution in [3.8, 4) is 0 Å². The molecule has 1 aromatic carbocycles. The molecule has 1 aromatic rings. The molecule has 0 aliphatic rings. The number of sulfone groups is 1. The van der Waals surface area contributed by atoms with E-state index >= 15 is 0 Å². The first kappa shape index (κ1) is 20.8. The number of nitrogens with one attached hydrogen (secondary N) is 1. The Balaban J connectivity index is 0.00000441. The van der Waals surface area contributed by atoms with Crippen molar-refractivity contribution in [2.75, 3.05) is 5.32 Å². The minimum atomic E-state index is -4.69. The second kappa shape index (κ2) is 8.40. The van der Waals surface area contributed by atoms with Gasteiger partial charge in [-0.2, -0.15) is 8.78 Å². The fraction of sp³-hybridized carbons (Fsp3) is 0.462. The molecule has 22 heavy (non-hydrogen) atoms. The van der Waals surface area contributed by atoms with Crippen molar-refractivity contribution in [2.24, 2.45) is 11.7 Å². The predicted octanol–water partition coefficient (Wildman–Crippen LogP) is 2.42. The Hall–Kier alpha value is -1.25. The van der Waals surface area contributed by atoms with Gasteiger partial charge in [0.1, 0.15) is 0 Å². The van der Waals surface area contributed by atoms with Crippen molar-refractivity contribution >= 4 is 33.8 Å². The lowest BCUT2D eigenvalue weighted by Crippen LogP contribution is -2.36. The van der Waals surface area contributed by atoms with Crippen molar-refractivity contribution in [1.29, 1.82) is 0 Å². The molecule has 1 atom stereocenters. The predicted molar refractivity (Wildman–Crippen MR) is 82.9 cm³/mol. The van der Waals surface area contributed by atoms with Crippen molar-refractivity contribution in [3.63, 3.8) is 0 Å². The molecule has 0 aliphatic carbocycles. The molecular formula is C13H19ClF2N2O3S. The monoisotopic (exact) mass is 356 g/mol. The molecule has 0 aliphatic heterocycles. The maximum atomic E-state index is 12.5. The summed E-state index contributed by atoms with van der Waals surface area (Å²) in [6.07, 6.45) is 0.459. The highest BCUT2D eigenvalue weighted by atomic mass is 35.5. The third-order valence-corrected chi connectivity index (χ3v) is 4.11. The lowest BCUT2D eigenvalue weighted by molar-refractivity contribution is -0.117. The maximum absolute atomic E-state index is 12.5. The second-order valence-corrected chi connectivity index (χ2v) is 6.98. The minimum Gasteiger partial charge on any atom is -0.325 e. The summed E-state index contributed by atoms with van der Waals surface area (Å²) in [5, 5.41) is 2.43. The maximum Gasteiger partial charge on any atom is 0.341 e. The molecule has 0 radical (unpaired) electrons. The number of rotatable bonds is 6. The molecule has 1 rings (SSSR count). The molecule has 0 spiro atoms. The van der Waals surface area contributed by atoms with Crippen LogP contribution in [0.1, 0.15) is 20.3 Å². The zero-order chi connectivity index (χ0) is 16.2. The van der Waals surface area contributed by atoms with Gasteiger partial charge in [-0.05, 0) is 30.5 Å². The first-order valence-electron chi connectivity index (χ1n) is 6.33. The van der Waals surface area contributed by atoms with E-state index < -0.39 is 32.4 Å². The van der Waals surface area contributed by atoms with Gasteiger partial charge < -0.3 is 11.1 Å². The average Bonchev–Trinajstić information content (AvgIpc) is 2.37. The summed E-state index contributed by atoms with van der Waals surface area (Å²) in [6, 6.07) is 3.97. The van der Waals surface area contributed by atoms with Crippen LogP contribution < -0.4 is 11.1 Å². The van der Waals surface area contributed by atoms with Crippen molar-refractivity contribution in [2.45, 2.75) is 37.0 Å². The Morgan fingerprint density at radius 2 is 1.91 bits per heavy atom. The van der Waals surface area contributed by atoms with Crippen molar-refractivity contribution in [3.05, 3.63) is 24.3 Å². The number of anilines is 1. The highest BCUT2D eigenvalue weighted by Crippen LogP contribution is 2.21. The van der Waals surface area contributed by atoms with Gasteiger partial charge >= 0.3 is 5.76 Å². The number of benzene rings is 1. The highest BCUT2D eigenvalue weighted by Gasteiger charge is 2.26. The molecule has 0 fully saturated rings. The van der Waals surface area contributed by atoms with Crippen molar-refractivity contribution in [1.82, 2.24) is 0 Å². The fourth-order valence-corrected chi connectivity index (χ4v) is 2.47. The van der Waals surface area contributed by atoms with E-state index in [0.717, 1.165) is 12.1 Å². The standard InChI is InChI=1S/C13H18F2N2O3S.ClH/c1-8(2)6-11(16)12(18)17-9-4-3-5-10(7-9)21(19,20)13(14)15;/h3-5,7-8,11,13H,6,16H2,1-2H3,(H,17,18);1H/t11-;/m0./s1. The number of amides is 1. The summed E-state index contributed by atoms with van der Waals surface area (Å²) in [4.78, 5) is 11.3. The van der Waals surface area contributed by atoms with E-state index in [-0.39, 0.29) is 24.0 Å². The zero-order valence-electron chi connectivity index (χ0n) is 12.1. The number of halogens is 3. The lowest BCUT2D eigenvalue weighted by Gasteiger charge is -2.14. The molecule has 0 aromatic heterocycles. The molecule has 3 N–H and O–H groups in total. The van der Waals surface area contributed by atoms with Crippen LogP contribution in [0.3, 0.4) is 0 Å². The number of hydrogen-bond acceptors (Lipinski definition) is 4.